The van der Waals surface area contributed by atoms with Gasteiger partial charge in [-0.15, -0.1) is 0 Å². The van der Waals surface area contributed by atoms with Crippen LogP contribution in [0.4, 0.5) is 5.69 Å². The summed E-state index contributed by atoms with van der Waals surface area (Å²) in [5.74, 6) is 0.928. The Morgan fingerprint density at radius 1 is 1.20 bits per heavy atom. The van der Waals surface area contributed by atoms with Gasteiger partial charge in [-0.2, -0.15) is 0 Å². The number of hydrogen-bond donors (Lipinski definition) is 1. The van der Waals surface area contributed by atoms with Crippen LogP contribution in [0.25, 0.3) is 0 Å². The Morgan fingerprint density at radius 3 is 2.75 bits per heavy atom. The summed E-state index contributed by atoms with van der Waals surface area (Å²) >= 11 is 0. The molecule has 0 amide bonds. The number of para-hydroxylation sites is 1. The van der Waals surface area contributed by atoms with E-state index in [-0.39, 0.29) is 6.04 Å². The van der Waals surface area contributed by atoms with Gasteiger partial charge in [0.05, 0.1) is 0 Å². The van der Waals surface area contributed by atoms with E-state index < -0.39 is 0 Å². The molecule has 2 heteroatoms. The minimum atomic E-state index is 0.167. The Morgan fingerprint density at radius 2 is 2.00 bits per heavy atom. The molecule has 2 nitrogen and oxygen atoms in total. The molecular formula is C18H30N2. The second kappa shape index (κ2) is 7.68. The lowest BCUT2D eigenvalue weighted by atomic mass is 9.96. The van der Waals surface area contributed by atoms with Gasteiger partial charge in [0.1, 0.15) is 0 Å². The highest BCUT2D eigenvalue weighted by Crippen LogP contribution is 2.30. The van der Waals surface area contributed by atoms with Crippen LogP contribution in [0.3, 0.4) is 0 Å². The first-order valence-electron chi connectivity index (χ1n) is 8.35. The zero-order chi connectivity index (χ0) is 14.4. The van der Waals surface area contributed by atoms with Gasteiger partial charge < -0.3 is 10.6 Å². The predicted molar refractivity (Wildman–Crippen MR) is 88.1 cm³/mol. The van der Waals surface area contributed by atoms with E-state index in [1.54, 1.807) is 0 Å². The molecular weight excluding hydrogens is 244 g/mol. The summed E-state index contributed by atoms with van der Waals surface area (Å²) in [5.41, 5.74) is 8.99. The average Bonchev–Trinajstić information content (AvgIpc) is 2.72. The third kappa shape index (κ3) is 3.76. The van der Waals surface area contributed by atoms with Gasteiger partial charge >= 0.3 is 0 Å². The third-order valence-electron chi connectivity index (χ3n) is 4.66. The smallest absolute Gasteiger partial charge is 0.0414 e. The molecule has 1 aromatic rings. The summed E-state index contributed by atoms with van der Waals surface area (Å²) in [6, 6.07) is 8.89. The van der Waals surface area contributed by atoms with Gasteiger partial charge in [-0.3, -0.25) is 0 Å². The van der Waals surface area contributed by atoms with Crippen LogP contribution in [0, 0.1) is 5.92 Å². The van der Waals surface area contributed by atoms with Gasteiger partial charge in [0, 0.05) is 24.8 Å². The molecule has 0 aromatic heterocycles. The monoisotopic (exact) mass is 274 g/mol. The van der Waals surface area contributed by atoms with E-state index >= 15 is 0 Å². The highest BCUT2D eigenvalue weighted by atomic mass is 15.1. The standard InChI is InChI=1S/C18H30N2/c1-3-8-15-9-7-13-20(14-12-15)18-11-6-5-10-16(18)17(19)4-2/h5-6,10-11,15,17H,3-4,7-9,12-14,19H2,1-2H3. The fourth-order valence-corrected chi connectivity index (χ4v) is 3.41. The molecule has 1 aromatic carbocycles. The van der Waals surface area contributed by atoms with Crippen molar-refractivity contribution in [2.45, 2.75) is 58.4 Å². The van der Waals surface area contributed by atoms with Crippen molar-refractivity contribution in [2.75, 3.05) is 18.0 Å². The number of benzene rings is 1. The first-order valence-corrected chi connectivity index (χ1v) is 8.35. The highest BCUT2D eigenvalue weighted by Gasteiger charge is 2.19. The molecule has 0 bridgehead atoms. The van der Waals surface area contributed by atoms with E-state index in [4.69, 9.17) is 5.73 Å². The van der Waals surface area contributed by atoms with Crippen molar-refractivity contribution < 1.29 is 0 Å². The Balaban J connectivity index is 2.11. The molecule has 20 heavy (non-hydrogen) atoms. The lowest BCUT2D eigenvalue weighted by Gasteiger charge is -2.27. The van der Waals surface area contributed by atoms with Gasteiger partial charge in [0.25, 0.3) is 0 Å². The van der Waals surface area contributed by atoms with Gasteiger partial charge in [-0.1, -0.05) is 44.9 Å². The summed E-state index contributed by atoms with van der Waals surface area (Å²) < 4.78 is 0. The predicted octanol–water partition coefficient (Wildman–Crippen LogP) is 4.50. The molecule has 1 fully saturated rings. The average molecular weight is 274 g/mol. The second-order valence-corrected chi connectivity index (χ2v) is 6.15. The zero-order valence-corrected chi connectivity index (χ0v) is 13.1. The largest absolute Gasteiger partial charge is 0.371 e. The molecule has 1 aliphatic rings. The lowest BCUT2D eigenvalue weighted by molar-refractivity contribution is 0.435. The summed E-state index contributed by atoms with van der Waals surface area (Å²) in [6.45, 7) is 6.85. The number of hydrogen-bond acceptors (Lipinski definition) is 2. The molecule has 1 heterocycles. The summed E-state index contributed by atoms with van der Waals surface area (Å²) in [4.78, 5) is 2.57. The van der Waals surface area contributed by atoms with E-state index in [1.807, 2.05) is 0 Å². The normalized spacial score (nSPS) is 21.6. The van der Waals surface area contributed by atoms with Crippen molar-refractivity contribution in [1.29, 1.82) is 0 Å². The van der Waals surface area contributed by atoms with Crippen LogP contribution in [-0.2, 0) is 0 Å². The topological polar surface area (TPSA) is 29.3 Å². The van der Waals surface area contributed by atoms with Crippen LogP contribution in [0.1, 0.15) is 64.0 Å². The molecule has 2 atom stereocenters. The highest BCUT2D eigenvalue weighted by molar-refractivity contribution is 5.55. The fourth-order valence-electron chi connectivity index (χ4n) is 3.41. The van der Waals surface area contributed by atoms with Gasteiger partial charge in [0.15, 0.2) is 0 Å². The van der Waals surface area contributed by atoms with Gasteiger partial charge in [0.2, 0.25) is 0 Å². The zero-order valence-electron chi connectivity index (χ0n) is 13.1. The third-order valence-corrected chi connectivity index (χ3v) is 4.66. The minimum Gasteiger partial charge on any atom is -0.371 e. The first-order chi connectivity index (χ1) is 9.76. The van der Waals surface area contributed by atoms with Crippen LogP contribution >= 0.6 is 0 Å². The van der Waals surface area contributed by atoms with Crippen molar-refractivity contribution in [3.8, 4) is 0 Å². The van der Waals surface area contributed by atoms with Crippen LogP contribution in [0.2, 0.25) is 0 Å². The van der Waals surface area contributed by atoms with Gasteiger partial charge in [-0.25, -0.2) is 0 Å². The SMILES string of the molecule is CCCC1CCCN(c2ccccc2C(N)CC)CC1. The number of nitrogens with two attached hydrogens (primary N) is 1. The van der Waals surface area contributed by atoms with E-state index in [9.17, 15) is 0 Å². The maximum Gasteiger partial charge on any atom is 0.0414 e. The quantitative estimate of drug-likeness (QED) is 0.856. The van der Waals surface area contributed by atoms with E-state index in [2.05, 4.69) is 43.0 Å². The molecule has 1 aliphatic heterocycles. The molecule has 2 N–H and O–H groups in total. The minimum absolute atomic E-state index is 0.167. The van der Waals surface area contributed by atoms with Crippen LogP contribution < -0.4 is 10.6 Å². The van der Waals surface area contributed by atoms with E-state index in [1.165, 1.54) is 56.4 Å². The summed E-state index contributed by atoms with van der Waals surface area (Å²) in [6.07, 6.45) is 7.77. The van der Waals surface area contributed by atoms with Crippen molar-refractivity contribution in [3.05, 3.63) is 29.8 Å². The van der Waals surface area contributed by atoms with Crippen molar-refractivity contribution in [2.24, 2.45) is 11.7 Å². The second-order valence-electron chi connectivity index (χ2n) is 6.15. The fraction of sp³-hybridized carbons (Fsp3) is 0.667. The van der Waals surface area contributed by atoms with Crippen LogP contribution in [0.15, 0.2) is 24.3 Å². The van der Waals surface area contributed by atoms with Crippen molar-refractivity contribution >= 4 is 5.69 Å². The Kier molecular flexibility index (Phi) is 5.90. The molecule has 2 unspecified atom stereocenters. The number of nitrogens with zero attached hydrogens (tertiary/aromatic N) is 1. The van der Waals surface area contributed by atoms with Gasteiger partial charge in [-0.05, 0) is 43.2 Å². The van der Waals surface area contributed by atoms with E-state index in [0.717, 1.165) is 12.3 Å². The Bertz CT molecular complexity index is 402. The molecule has 1 saturated heterocycles. The van der Waals surface area contributed by atoms with Crippen LogP contribution in [-0.4, -0.2) is 13.1 Å². The molecule has 112 valence electrons. The molecule has 0 spiro atoms. The van der Waals surface area contributed by atoms with E-state index in [0.29, 0.717) is 0 Å². The molecule has 0 aliphatic carbocycles. The summed E-state index contributed by atoms with van der Waals surface area (Å²) in [7, 11) is 0. The maximum absolute atomic E-state index is 6.29. The first kappa shape index (κ1) is 15.4. The van der Waals surface area contributed by atoms with Crippen molar-refractivity contribution in [1.82, 2.24) is 0 Å². The summed E-state index contributed by atoms with van der Waals surface area (Å²) in [5, 5.41) is 0. The Labute approximate surface area is 124 Å². The van der Waals surface area contributed by atoms with Crippen LogP contribution in [0.5, 0.6) is 0 Å². The van der Waals surface area contributed by atoms with Crippen molar-refractivity contribution in [3.63, 3.8) is 0 Å². The number of anilines is 1. The molecule has 2 rings (SSSR count). The molecule has 0 saturated carbocycles. The Hall–Kier alpha value is -1.02. The lowest BCUT2D eigenvalue weighted by Crippen LogP contribution is -2.26. The molecule has 0 radical (unpaired) electrons. The number of rotatable bonds is 5. The maximum atomic E-state index is 6.29.